The van der Waals surface area contributed by atoms with Crippen molar-refractivity contribution in [3.63, 3.8) is 0 Å². The molecule has 0 amide bonds. The fourth-order valence-corrected chi connectivity index (χ4v) is 1.55. The second-order valence-corrected chi connectivity index (χ2v) is 5.86. The zero-order chi connectivity index (χ0) is 14.5. The van der Waals surface area contributed by atoms with Gasteiger partial charge in [0, 0.05) is 0 Å². The summed E-state index contributed by atoms with van der Waals surface area (Å²) < 4.78 is 55.1. The highest BCUT2D eigenvalue weighted by Crippen LogP contribution is 1.84. The average Bonchev–Trinajstić information content (AvgIpc) is 2.01. The van der Waals surface area contributed by atoms with Crippen LogP contribution in [0.3, 0.4) is 0 Å². The van der Waals surface area contributed by atoms with Gasteiger partial charge in [-0.15, -0.1) is 0 Å². The lowest BCUT2D eigenvalue weighted by Crippen LogP contribution is -2.01. The van der Waals surface area contributed by atoms with Crippen molar-refractivity contribution >= 4 is 27.0 Å². The molecule has 0 aliphatic rings. The maximum Gasteiger partial charge on any atom is 0.264 e. The fraction of sp³-hybridized carbons (Fsp3) is 0.857. The summed E-state index contributed by atoms with van der Waals surface area (Å²) in [6.07, 6.45) is 0.942. The van der Waals surface area contributed by atoms with E-state index in [-0.39, 0.29) is 11.5 Å². The maximum absolute atomic E-state index is 9.79. The molecule has 0 unspecified atom stereocenters. The Morgan fingerprint density at radius 2 is 1.18 bits per heavy atom. The Bertz CT molecular complexity index is 360. The van der Waals surface area contributed by atoms with Crippen LogP contribution < -0.4 is 0 Å². The van der Waals surface area contributed by atoms with E-state index in [0.29, 0.717) is 12.8 Å². The van der Waals surface area contributed by atoms with E-state index < -0.39 is 20.2 Å². The lowest BCUT2D eigenvalue weighted by atomic mass is 10.6. The molecular formula is C7H18N2O6S2. The van der Waals surface area contributed by atoms with Gasteiger partial charge in [-0.3, -0.25) is 9.11 Å². The van der Waals surface area contributed by atoms with Gasteiger partial charge in [0.2, 0.25) is 6.72 Å². The molecule has 0 aromatic rings. The van der Waals surface area contributed by atoms with Gasteiger partial charge in [0.25, 0.3) is 20.2 Å². The minimum Gasteiger partial charge on any atom is -0.362 e. The molecular weight excluding hydrogens is 272 g/mol. The third-order valence-electron chi connectivity index (χ3n) is 0.924. The maximum atomic E-state index is 9.79. The van der Waals surface area contributed by atoms with E-state index in [1.807, 2.05) is 0 Å². The summed E-state index contributed by atoms with van der Waals surface area (Å²) in [4.78, 5) is 2.25. The highest BCUT2D eigenvalue weighted by molar-refractivity contribution is 7.86. The second-order valence-electron chi connectivity index (χ2n) is 2.71. The van der Waals surface area contributed by atoms with Gasteiger partial charge in [0.15, 0.2) is 0 Å². The van der Waals surface area contributed by atoms with E-state index in [2.05, 4.69) is 11.5 Å². The first-order chi connectivity index (χ1) is 7.54. The largest absolute Gasteiger partial charge is 0.362 e. The van der Waals surface area contributed by atoms with Crippen molar-refractivity contribution in [2.24, 2.45) is 0 Å². The zero-order valence-electron chi connectivity index (χ0n) is 9.77. The van der Waals surface area contributed by atoms with Crippen molar-refractivity contribution < 1.29 is 30.7 Å². The molecule has 0 spiro atoms. The number of hydrogen-bond donors (Lipinski definition) is 2. The third-order valence-corrected chi connectivity index (χ3v) is 2.77. The minimum absolute atomic E-state index is 0.132. The van der Waals surface area contributed by atoms with E-state index in [0.717, 1.165) is 0 Å². The molecule has 2 N–H and O–H groups in total. The molecule has 0 aromatic carbocycles. The highest BCUT2D eigenvalue weighted by Gasteiger charge is 1.98. The Hall–Kier alpha value is -0.800. The zero-order valence-corrected chi connectivity index (χ0v) is 11.4. The topological polar surface area (TPSA) is 145 Å². The van der Waals surface area contributed by atoms with Gasteiger partial charge in [-0.05, 0) is 12.8 Å². The Morgan fingerprint density at radius 3 is 1.18 bits per heavy atom. The lowest BCUT2D eigenvalue weighted by molar-refractivity contribution is 0.0110. The van der Waals surface area contributed by atoms with Crippen molar-refractivity contribution in [1.82, 2.24) is 0 Å². The van der Waals surface area contributed by atoms with Crippen molar-refractivity contribution in [3.8, 4) is 0 Å². The van der Waals surface area contributed by atoms with Crippen molar-refractivity contribution in [1.29, 1.82) is 0 Å². The SMILES string of the molecule is C=[N+]=[N-].CCCS(=O)(=O)O.CCCS(=O)(=O)O. The van der Waals surface area contributed by atoms with Gasteiger partial charge in [-0.1, -0.05) is 13.8 Å². The Morgan fingerprint density at radius 1 is 1.00 bits per heavy atom. The van der Waals surface area contributed by atoms with E-state index in [1.165, 1.54) is 0 Å². The summed E-state index contributed by atoms with van der Waals surface area (Å²) in [5.41, 5.74) is 7.08. The summed E-state index contributed by atoms with van der Waals surface area (Å²) in [6, 6.07) is 0. The predicted octanol–water partition coefficient (Wildman–Crippen LogP) is 0.485. The van der Waals surface area contributed by atoms with Crippen molar-refractivity contribution in [2.75, 3.05) is 11.5 Å². The Labute approximate surface area is 102 Å². The molecule has 8 nitrogen and oxygen atoms in total. The summed E-state index contributed by atoms with van der Waals surface area (Å²) in [6.45, 7) is 6.04. The Balaban J connectivity index is -0.000000188. The highest BCUT2D eigenvalue weighted by atomic mass is 32.2. The molecule has 0 aliphatic heterocycles. The normalized spacial score (nSPS) is 10.1. The van der Waals surface area contributed by atoms with E-state index >= 15 is 0 Å². The van der Waals surface area contributed by atoms with E-state index in [1.54, 1.807) is 13.8 Å². The van der Waals surface area contributed by atoms with Crippen LogP contribution in [0.25, 0.3) is 5.53 Å². The van der Waals surface area contributed by atoms with Crippen LogP contribution in [0.1, 0.15) is 26.7 Å². The van der Waals surface area contributed by atoms with Crippen molar-refractivity contribution in [2.45, 2.75) is 26.7 Å². The summed E-state index contributed by atoms with van der Waals surface area (Å²) in [7, 11) is -7.35. The molecule has 0 aromatic heterocycles. The summed E-state index contributed by atoms with van der Waals surface area (Å²) in [5, 5.41) is 0. The average molecular weight is 290 g/mol. The van der Waals surface area contributed by atoms with Crippen LogP contribution in [0.2, 0.25) is 0 Å². The van der Waals surface area contributed by atoms with Crippen molar-refractivity contribution in [3.05, 3.63) is 5.53 Å². The molecule has 0 saturated carbocycles. The second kappa shape index (κ2) is 11.7. The van der Waals surface area contributed by atoms with Gasteiger partial charge in [0.05, 0.1) is 11.5 Å². The van der Waals surface area contributed by atoms with Crippen LogP contribution >= 0.6 is 0 Å². The molecule has 0 radical (unpaired) electrons. The Kier molecular flexibility index (Phi) is 14.8. The molecule has 0 atom stereocenters. The first kappa shape index (κ1) is 21.5. The smallest absolute Gasteiger partial charge is 0.264 e. The number of hydrogen-bond acceptors (Lipinski definition) is 4. The van der Waals surface area contributed by atoms with Crippen LogP contribution in [0.4, 0.5) is 0 Å². The fourth-order valence-electron chi connectivity index (χ4n) is 0.516. The quantitative estimate of drug-likeness (QED) is 0.333. The van der Waals surface area contributed by atoms with Gasteiger partial charge in [-0.25, -0.2) is 0 Å². The number of nitrogens with zero attached hydrogens (tertiary/aromatic N) is 2. The van der Waals surface area contributed by atoms with Crippen LogP contribution in [-0.2, 0) is 20.2 Å². The monoisotopic (exact) mass is 290 g/mol. The number of rotatable bonds is 4. The summed E-state index contributed by atoms with van der Waals surface area (Å²) >= 11 is 0. The van der Waals surface area contributed by atoms with Gasteiger partial charge in [0.1, 0.15) is 0 Å². The van der Waals surface area contributed by atoms with E-state index in [9.17, 15) is 16.8 Å². The predicted molar refractivity (Wildman–Crippen MR) is 64.2 cm³/mol. The molecule has 0 rings (SSSR count). The molecule has 0 heterocycles. The first-order valence-corrected chi connectivity index (χ1v) is 7.76. The third kappa shape index (κ3) is 51.1. The molecule has 10 heteroatoms. The van der Waals surface area contributed by atoms with Gasteiger partial charge >= 0.3 is 0 Å². The molecule has 0 saturated heterocycles. The molecule has 0 bridgehead atoms. The van der Waals surface area contributed by atoms with Crippen LogP contribution in [-0.4, -0.2) is 49.0 Å². The van der Waals surface area contributed by atoms with Crippen LogP contribution in [0.15, 0.2) is 0 Å². The standard InChI is InChI=1S/2C3H8O3S.CH2N2/c2*1-2-3-7(4,5)6;1-3-2/h2*2-3H2,1H3,(H,4,5,6);1H2. The molecule has 0 fully saturated rings. The first-order valence-electron chi connectivity index (χ1n) is 4.54. The lowest BCUT2D eigenvalue weighted by Gasteiger charge is -1.86. The molecule has 17 heavy (non-hydrogen) atoms. The van der Waals surface area contributed by atoms with Gasteiger partial charge < -0.3 is 5.53 Å². The molecule has 0 aliphatic carbocycles. The van der Waals surface area contributed by atoms with Crippen LogP contribution in [0, 0.1) is 0 Å². The molecule has 104 valence electrons. The van der Waals surface area contributed by atoms with Crippen LogP contribution in [0.5, 0.6) is 0 Å². The summed E-state index contributed by atoms with van der Waals surface area (Å²) in [5.74, 6) is -0.264. The van der Waals surface area contributed by atoms with Gasteiger partial charge in [-0.2, -0.15) is 21.6 Å². The minimum atomic E-state index is -3.67. The van der Waals surface area contributed by atoms with E-state index in [4.69, 9.17) is 14.6 Å².